The summed E-state index contributed by atoms with van der Waals surface area (Å²) in [6.07, 6.45) is 3.71. The van der Waals surface area contributed by atoms with Crippen LogP contribution in [0.25, 0.3) is 0 Å². The van der Waals surface area contributed by atoms with E-state index in [0.717, 1.165) is 17.0 Å². The van der Waals surface area contributed by atoms with Gasteiger partial charge in [0.15, 0.2) is 12.3 Å². The van der Waals surface area contributed by atoms with Gasteiger partial charge in [0.2, 0.25) is 0 Å². The Morgan fingerprint density at radius 1 is 1.28 bits per heavy atom. The molecule has 1 atom stereocenters. The maximum Gasteiger partial charge on any atom is 0.359 e. The maximum atomic E-state index is 12.6. The van der Waals surface area contributed by atoms with Gasteiger partial charge in [-0.05, 0) is 25.5 Å². The summed E-state index contributed by atoms with van der Waals surface area (Å²) in [4.78, 5) is 35.4. The Labute approximate surface area is 150 Å². The van der Waals surface area contributed by atoms with Gasteiger partial charge in [0.05, 0.1) is 17.6 Å². The summed E-state index contributed by atoms with van der Waals surface area (Å²) in [5, 5.41) is 0.421. The quantitative estimate of drug-likeness (QED) is 0.787. The molecule has 0 spiro atoms. The molecule has 0 aliphatic carbocycles. The second-order valence-corrected chi connectivity index (χ2v) is 7.33. The lowest BCUT2D eigenvalue weighted by Gasteiger charge is -2.22. The summed E-state index contributed by atoms with van der Waals surface area (Å²) < 4.78 is 5.13. The third-order valence-electron chi connectivity index (χ3n) is 3.86. The number of benzene rings is 1. The number of fused-ring (bicyclic) bond motifs is 1. The van der Waals surface area contributed by atoms with Crippen molar-refractivity contribution in [1.29, 1.82) is 0 Å². The Kier molecular flexibility index (Phi) is 5.33. The summed E-state index contributed by atoms with van der Waals surface area (Å²) in [5.74, 6) is -0.887. The van der Waals surface area contributed by atoms with Gasteiger partial charge < -0.3 is 9.64 Å². The minimum Gasteiger partial charge on any atom is -0.451 e. The molecule has 1 aromatic heterocycles. The lowest BCUT2D eigenvalue weighted by molar-refractivity contribution is -0.121. The van der Waals surface area contributed by atoms with Crippen LogP contribution in [0.2, 0.25) is 0 Å². The zero-order valence-electron chi connectivity index (χ0n) is 14.1. The number of thioether (sulfide) groups is 1. The number of hydrogen-bond donors (Lipinski definition) is 0. The van der Waals surface area contributed by atoms with Crippen LogP contribution in [0.5, 0.6) is 0 Å². The van der Waals surface area contributed by atoms with E-state index in [0.29, 0.717) is 17.5 Å². The molecule has 0 radical (unpaired) electrons. The first kappa shape index (κ1) is 17.4. The minimum absolute atomic E-state index is 0.0962. The number of aromatic nitrogens is 2. The van der Waals surface area contributed by atoms with Gasteiger partial charge in [-0.2, -0.15) is 0 Å². The molecule has 1 aromatic carbocycles. The predicted molar refractivity (Wildman–Crippen MR) is 95.8 cm³/mol. The second kappa shape index (κ2) is 7.65. The lowest BCUT2D eigenvalue weighted by Crippen LogP contribution is -2.35. The van der Waals surface area contributed by atoms with E-state index in [1.54, 1.807) is 23.6 Å². The number of esters is 1. The number of ether oxygens (including phenoxy) is 1. The number of anilines is 1. The third-order valence-corrected chi connectivity index (χ3v) is 5.10. The second-order valence-electron chi connectivity index (χ2n) is 5.85. The molecule has 7 heteroatoms. The van der Waals surface area contributed by atoms with Gasteiger partial charge in [0, 0.05) is 22.9 Å². The number of hydrogen-bond acceptors (Lipinski definition) is 6. The Morgan fingerprint density at radius 3 is 2.84 bits per heavy atom. The molecular weight excluding hydrogens is 338 g/mol. The van der Waals surface area contributed by atoms with E-state index in [2.05, 4.69) is 16.9 Å². The molecule has 2 heterocycles. The highest BCUT2D eigenvalue weighted by molar-refractivity contribution is 8.00. The molecule has 25 heavy (non-hydrogen) atoms. The Morgan fingerprint density at radius 2 is 2.08 bits per heavy atom. The van der Waals surface area contributed by atoms with Gasteiger partial charge in [0.1, 0.15) is 0 Å². The Balaban J connectivity index is 1.68. The van der Waals surface area contributed by atoms with E-state index < -0.39 is 5.97 Å². The molecule has 1 amide bonds. The number of nitrogens with zero attached hydrogens (tertiary/aromatic N) is 3. The van der Waals surface area contributed by atoms with E-state index in [4.69, 9.17) is 4.74 Å². The van der Waals surface area contributed by atoms with Gasteiger partial charge in [-0.15, -0.1) is 11.8 Å². The monoisotopic (exact) mass is 357 g/mol. The number of amides is 1. The number of aryl methyl sites for hydroxylation is 1. The van der Waals surface area contributed by atoms with Crippen LogP contribution in [0.4, 0.5) is 5.69 Å². The molecule has 0 saturated heterocycles. The van der Waals surface area contributed by atoms with E-state index in [9.17, 15) is 9.59 Å². The first-order chi connectivity index (χ1) is 12.0. The first-order valence-corrected chi connectivity index (χ1v) is 8.94. The van der Waals surface area contributed by atoms with Crippen LogP contribution in [0.15, 0.2) is 41.6 Å². The third kappa shape index (κ3) is 4.17. The van der Waals surface area contributed by atoms with Crippen molar-refractivity contribution in [3.8, 4) is 0 Å². The van der Waals surface area contributed by atoms with Crippen LogP contribution >= 0.6 is 11.8 Å². The summed E-state index contributed by atoms with van der Waals surface area (Å²) in [6.45, 7) is 4.21. The van der Waals surface area contributed by atoms with Crippen molar-refractivity contribution in [2.45, 2.75) is 30.4 Å². The molecule has 0 saturated carbocycles. The normalized spacial score (nSPS) is 16.7. The van der Waals surface area contributed by atoms with Crippen LogP contribution < -0.4 is 4.90 Å². The van der Waals surface area contributed by atoms with Crippen molar-refractivity contribution >= 4 is 29.3 Å². The molecule has 0 N–H and O–H groups in total. The predicted octanol–water partition coefficient (Wildman–Crippen LogP) is 2.86. The molecule has 1 aliphatic heterocycles. The molecule has 1 aliphatic rings. The smallest absolute Gasteiger partial charge is 0.359 e. The summed E-state index contributed by atoms with van der Waals surface area (Å²) in [5.41, 5.74) is 1.67. The fraction of sp³-hybridized carbons (Fsp3) is 0.333. The van der Waals surface area contributed by atoms with Crippen LogP contribution in [0.1, 0.15) is 29.5 Å². The summed E-state index contributed by atoms with van der Waals surface area (Å²) >= 11 is 1.76. The fourth-order valence-electron chi connectivity index (χ4n) is 2.52. The van der Waals surface area contributed by atoms with Crippen molar-refractivity contribution < 1.29 is 14.3 Å². The summed E-state index contributed by atoms with van der Waals surface area (Å²) in [6, 6.07) is 7.80. The zero-order chi connectivity index (χ0) is 17.8. The van der Waals surface area contributed by atoms with Crippen LogP contribution in [-0.4, -0.2) is 40.2 Å². The molecule has 0 unspecified atom stereocenters. The van der Waals surface area contributed by atoms with Crippen molar-refractivity contribution in [2.24, 2.45) is 0 Å². The molecule has 0 fully saturated rings. The van der Waals surface area contributed by atoms with Gasteiger partial charge in [-0.3, -0.25) is 9.78 Å². The SMILES string of the molecule is Cc1cnc(C(=O)OCC(=O)N2CC[C@@H](C)Sc3ccccc32)cn1. The van der Waals surface area contributed by atoms with Crippen molar-refractivity contribution in [3.63, 3.8) is 0 Å². The van der Waals surface area contributed by atoms with E-state index in [1.165, 1.54) is 12.4 Å². The van der Waals surface area contributed by atoms with Gasteiger partial charge in [-0.1, -0.05) is 19.1 Å². The first-order valence-electron chi connectivity index (χ1n) is 8.06. The standard InChI is InChI=1S/C18H19N3O3S/c1-12-9-20-14(10-19-12)18(23)24-11-17(22)21-8-7-13(2)25-16-6-4-3-5-15(16)21/h3-6,9-10,13H,7-8,11H2,1-2H3/t13-/m1/s1. The fourth-order valence-corrected chi connectivity index (χ4v) is 3.64. The van der Waals surface area contributed by atoms with Crippen LogP contribution in [0.3, 0.4) is 0 Å². The van der Waals surface area contributed by atoms with Crippen LogP contribution in [0, 0.1) is 6.92 Å². The number of para-hydroxylation sites is 1. The molecule has 2 aromatic rings. The largest absolute Gasteiger partial charge is 0.451 e. The topological polar surface area (TPSA) is 72.4 Å². The Bertz CT molecular complexity index is 779. The van der Waals surface area contributed by atoms with Crippen molar-refractivity contribution in [1.82, 2.24) is 9.97 Å². The minimum atomic E-state index is -0.647. The van der Waals surface area contributed by atoms with Crippen LogP contribution in [-0.2, 0) is 9.53 Å². The highest BCUT2D eigenvalue weighted by Gasteiger charge is 2.25. The van der Waals surface area contributed by atoms with E-state index in [1.807, 2.05) is 24.3 Å². The van der Waals surface area contributed by atoms with Gasteiger partial charge >= 0.3 is 5.97 Å². The number of rotatable bonds is 3. The molecule has 3 rings (SSSR count). The molecule has 130 valence electrons. The number of carbonyl (C=O) groups is 2. The highest BCUT2D eigenvalue weighted by atomic mass is 32.2. The van der Waals surface area contributed by atoms with Gasteiger partial charge in [-0.25, -0.2) is 9.78 Å². The van der Waals surface area contributed by atoms with E-state index >= 15 is 0 Å². The number of carbonyl (C=O) groups excluding carboxylic acids is 2. The molecular formula is C18H19N3O3S. The average Bonchev–Trinajstić information content (AvgIpc) is 2.78. The zero-order valence-corrected chi connectivity index (χ0v) is 15.0. The van der Waals surface area contributed by atoms with E-state index in [-0.39, 0.29) is 18.2 Å². The summed E-state index contributed by atoms with van der Waals surface area (Å²) in [7, 11) is 0. The highest BCUT2D eigenvalue weighted by Crippen LogP contribution is 2.37. The molecule has 0 bridgehead atoms. The average molecular weight is 357 g/mol. The van der Waals surface area contributed by atoms with Crippen molar-refractivity contribution in [2.75, 3.05) is 18.1 Å². The lowest BCUT2D eigenvalue weighted by atomic mass is 10.2. The molecule has 6 nitrogen and oxygen atoms in total. The Hall–Kier alpha value is -2.41. The maximum absolute atomic E-state index is 12.6. The van der Waals surface area contributed by atoms with Crippen molar-refractivity contribution in [3.05, 3.63) is 48.0 Å². The van der Waals surface area contributed by atoms with Gasteiger partial charge in [0.25, 0.3) is 5.91 Å².